The van der Waals surface area contributed by atoms with E-state index in [0.29, 0.717) is 18.4 Å². The van der Waals surface area contributed by atoms with Gasteiger partial charge in [-0.1, -0.05) is 13.0 Å². The van der Waals surface area contributed by atoms with Gasteiger partial charge in [0.1, 0.15) is 0 Å². The van der Waals surface area contributed by atoms with Crippen LogP contribution >= 0.6 is 0 Å². The average Bonchev–Trinajstić information content (AvgIpc) is 3.12. The minimum atomic E-state index is -3.42. The van der Waals surface area contributed by atoms with Crippen LogP contribution in [0.1, 0.15) is 36.8 Å². The minimum absolute atomic E-state index is 0.0159. The van der Waals surface area contributed by atoms with Crippen molar-refractivity contribution in [1.29, 1.82) is 0 Å². The molecule has 0 bridgehead atoms. The van der Waals surface area contributed by atoms with Crippen molar-refractivity contribution >= 4 is 20.9 Å². The molecule has 0 spiro atoms. The van der Waals surface area contributed by atoms with Crippen molar-refractivity contribution in [2.24, 2.45) is 5.14 Å². The first-order valence-electron chi connectivity index (χ1n) is 7.78. The Balaban J connectivity index is 1.88. The van der Waals surface area contributed by atoms with Gasteiger partial charge in [-0.05, 0) is 55.0 Å². The van der Waals surface area contributed by atoms with E-state index < -0.39 is 10.0 Å². The summed E-state index contributed by atoms with van der Waals surface area (Å²) < 4.78 is 22.3. The molecule has 1 aromatic carbocycles. The molecule has 1 fully saturated rings. The number of nitrogens with two attached hydrogens (primary N) is 1. The smallest absolute Gasteiger partial charge is 0.209 e. The Labute approximate surface area is 131 Å². The van der Waals surface area contributed by atoms with E-state index in [-0.39, 0.29) is 5.75 Å². The summed E-state index contributed by atoms with van der Waals surface area (Å²) in [6, 6.07) is 6.60. The number of nitrogens with one attached hydrogen (secondary N) is 2. The van der Waals surface area contributed by atoms with Gasteiger partial charge >= 0.3 is 0 Å². The largest absolute Gasteiger partial charge is 0.361 e. The van der Waals surface area contributed by atoms with Gasteiger partial charge in [-0.3, -0.25) is 0 Å². The Bertz CT molecular complexity index is 761. The number of aromatic nitrogens is 1. The lowest BCUT2D eigenvalue weighted by Gasteiger charge is -2.19. The normalized spacial score (nSPS) is 20.5. The first kappa shape index (κ1) is 15.5. The van der Waals surface area contributed by atoms with Gasteiger partial charge in [0.05, 0.1) is 5.75 Å². The molecule has 2 aromatic rings. The van der Waals surface area contributed by atoms with Gasteiger partial charge in [0.25, 0.3) is 0 Å². The molecule has 1 aliphatic rings. The molecule has 6 heteroatoms. The van der Waals surface area contributed by atoms with E-state index in [2.05, 4.69) is 29.5 Å². The highest BCUT2D eigenvalue weighted by Gasteiger charge is 2.24. The SMILES string of the molecule is C[C@H](c1c[nH]c2ccc(CCS(N)(=O)=O)cc12)C1CCCN1. The van der Waals surface area contributed by atoms with E-state index in [1.54, 1.807) is 0 Å². The molecule has 2 atom stereocenters. The number of rotatable bonds is 5. The van der Waals surface area contributed by atoms with Crippen molar-refractivity contribution in [3.63, 3.8) is 0 Å². The molecule has 0 radical (unpaired) electrons. The predicted molar refractivity (Wildman–Crippen MR) is 89.4 cm³/mol. The highest BCUT2D eigenvalue weighted by atomic mass is 32.2. The minimum Gasteiger partial charge on any atom is -0.361 e. The van der Waals surface area contributed by atoms with Crippen molar-refractivity contribution in [2.75, 3.05) is 12.3 Å². The maximum atomic E-state index is 11.1. The molecular weight excluding hydrogens is 298 g/mol. The molecule has 1 saturated heterocycles. The fourth-order valence-electron chi connectivity index (χ4n) is 3.34. The Hall–Kier alpha value is -1.37. The van der Waals surface area contributed by atoms with Gasteiger partial charge < -0.3 is 10.3 Å². The number of fused-ring (bicyclic) bond motifs is 1. The Kier molecular flexibility index (Phi) is 4.25. The van der Waals surface area contributed by atoms with E-state index in [1.165, 1.54) is 23.8 Å². The quantitative estimate of drug-likeness (QED) is 0.785. The number of hydrogen-bond donors (Lipinski definition) is 3. The zero-order chi connectivity index (χ0) is 15.7. The molecule has 5 nitrogen and oxygen atoms in total. The lowest BCUT2D eigenvalue weighted by molar-refractivity contribution is 0.520. The second-order valence-corrected chi connectivity index (χ2v) is 7.97. The number of sulfonamides is 1. The lowest BCUT2D eigenvalue weighted by atomic mass is 9.91. The van der Waals surface area contributed by atoms with Gasteiger partial charge in [0, 0.05) is 23.1 Å². The Morgan fingerprint density at radius 1 is 1.41 bits per heavy atom. The number of aromatic amines is 1. The Morgan fingerprint density at radius 2 is 2.23 bits per heavy atom. The first-order valence-corrected chi connectivity index (χ1v) is 9.49. The van der Waals surface area contributed by atoms with Crippen molar-refractivity contribution in [3.05, 3.63) is 35.5 Å². The lowest BCUT2D eigenvalue weighted by Crippen LogP contribution is -2.27. The summed E-state index contributed by atoms with van der Waals surface area (Å²) in [5.41, 5.74) is 3.40. The molecule has 120 valence electrons. The topological polar surface area (TPSA) is 88.0 Å². The maximum absolute atomic E-state index is 11.1. The molecule has 4 N–H and O–H groups in total. The van der Waals surface area contributed by atoms with Crippen molar-refractivity contribution in [3.8, 4) is 0 Å². The van der Waals surface area contributed by atoms with Crippen LogP contribution in [-0.4, -0.2) is 31.7 Å². The summed E-state index contributed by atoms with van der Waals surface area (Å²) in [5, 5.41) is 9.84. The number of primary sulfonamides is 1. The van der Waals surface area contributed by atoms with Gasteiger partial charge in [-0.15, -0.1) is 0 Å². The number of benzene rings is 1. The predicted octanol–water partition coefficient (Wildman–Crippen LogP) is 1.85. The zero-order valence-electron chi connectivity index (χ0n) is 12.8. The maximum Gasteiger partial charge on any atom is 0.209 e. The molecule has 1 aromatic heterocycles. The number of hydrogen-bond acceptors (Lipinski definition) is 3. The second-order valence-electron chi connectivity index (χ2n) is 6.23. The van der Waals surface area contributed by atoms with Gasteiger partial charge in [0.15, 0.2) is 0 Å². The molecule has 0 aliphatic carbocycles. The average molecular weight is 321 g/mol. The van der Waals surface area contributed by atoms with Crippen LogP contribution in [0.25, 0.3) is 10.9 Å². The summed E-state index contributed by atoms with van der Waals surface area (Å²) in [6.45, 7) is 3.35. The van der Waals surface area contributed by atoms with Crippen LogP contribution < -0.4 is 10.5 Å². The zero-order valence-corrected chi connectivity index (χ0v) is 13.6. The molecule has 1 unspecified atom stereocenters. The molecule has 22 heavy (non-hydrogen) atoms. The third-order valence-corrected chi connectivity index (χ3v) is 5.42. The summed E-state index contributed by atoms with van der Waals surface area (Å²) in [5.74, 6) is 0.419. The van der Waals surface area contributed by atoms with Crippen molar-refractivity contribution in [2.45, 2.75) is 38.1 Å². The van der Waals surface area contributed by atoms with Crippen molar-refractivity contribution < 1.29 is 8.42 Å². The fraction of sp³-hybridized carbons (Fsp3) is 0.500. The van der Waals surface area contributed by atoms with Gasteiger partial charge in [-0.2, -0.15) is 0 Å². The summed E-state index contributed by atoms with van der Waals surface area (Å²) >= 11 is 0. The number of aryl methyl sites for hydroxylation is 1. The van der Waals surface area contributed by atoms with Gasteiger partial charge in [0.2, 0.25) is 10.0 Å². The monoisotopic (exact) mass is 321 g/mol. The molecule has 0 saturated carbocycles. The van der Waals surface area contributed by atoms with E-state index in [0.717, 1.165) is 17.6 Å². The number of H-pyrrole nitrogens is 1. The van der Waals surface area contributed by atoms with Crippen LogP contribution in [0.5, 0.6) is 0 Å². The van der Waals surface area contributed by atoms with E-state index in [9.17, 15) is 8.42 Å². The molecule has 2 heterocycles. The summed E-state index contributed by atoms with van der Waals surface area (Å²) in [7, 11) is -3.42. The van der Waals surface area contributed by atoms with Crippen LogP contribution in [0.2, 0.25) is 0 Å². The van der Waals surface area contributed by atoms with E-state index in [1.807, 2.05) is 12.1 Å². The van der Waals surface area contributed by atoms with Crippen LogP contribution in [0.4, 0.5) is 0 Å². The van der Waals surface area contributed by atoms with E-state index in [4.69, 9.17) is 5.14 Å². The highest BCUT2D eigenvalue weighted by molar-refractivity contribution is 7.89. The molecule has 3 rings (SSSR count). The van der Waals surface area contributed by atoms with Crippen LogP contribution in [-0.2, 0) is 16.4 Å². The summed E-state index contributed by atoms with van der Waals surface area (Å²) in [4.78, 5) is 3.32. The molecule has 0 amide bonds. The first-order chi connectivity index (χ1) is 10.4. The van der Waals surface area contributed by atoms with E-state index >= 15 is 0 Å². The van der Waals surface area contributed by atoms with Crippen molar-refractivity contribution in [1.82, 2.24) is 10.3 Å². The molecule has 1 aliphatic heterocycles. The third kappa shape index (κ3) is 3.34. The van der Waals surface area contributed by atoms with Crippen LogP contribution in [0, 0.1) is 0 Å². The molecular formula is C16H23N3O2S. The van der Waals surface area contributed by atoms with Crippen LogP contribution in [0.15, 0.2) is 24.4 Å². The standard InChI is InChI=1S/C16H23N3O2S/c1-11(15-3-2-7-18-15)14-10-19-16-5-4-12(9-13(14)16)6-8-22(17,20)21/h4-5,9-11,15,18-19H,2-3,6-8H2,1H3,(H2,17,20,21)/t11-,15?/m1/s1. The Morgan fingerprint density at radius 3 is 2.91 bits per heavy atom. The fourth-order valence-corrected chi connectivity index (χ4v) is 3.86. The van der Waals surface area contributed by atoms with Crippen LogP contribution in [0.3, 0.4) is 0 Å². The highest BCUT2D eigenvalue weighted by Crippen LogP contribution is 2.31. The van der Waals surface area contributed by atoms with Gasteiger partial charge in [-0.25, -0.2) is 13.6 Å². The summed E-state index contributed by atoms with van der Waals surface area (Å²) in [6.07, 6.45) is 4.98. The third-order valence-electron chi connectivity index (χ3n) is 4.65. The second kappa shape index (κ2) is 6.02.